The minimum absolute atomic E-state index is 0.135. The molecule has 11 heteroatoms. The summed E-state index contributed by atoms with van der Waals surface area (Å²) in [5.74, 6) is 0.845. The van der Waals surface area contributed by atoms with Crippen molar-refractivity contribution < 1.29 is 22.7 Å². The van der Waals surface area contributed by atoms with Crippen molar-refractivity contribution in [3.8, 4) is 5.75 Å². The summed E-state index contributed by atoms with van der Waals surface area (Å²) in [5, 5.41) is 0. The van der Waals surface area contributed by atoms with Gasteiger partial charge in [-0.1, -0.05) is 0 Å². The number of hydrogen-bond donors (Lipinski definition) is 0. The molecule has 2 aromatic rings. The van der Waals surface area contributed by atoms with E-state index >= 15 is 0 Å². The fraction of sp³-hybridized carbons (Fsp3) is 0.450. The average molecular weight is 451 g/mol. The molecule has 1 atom stereocenters. The fourth-order valence-electron chi connectivity index (χ4n) is 3.48. The number of benzene rings is 1. The second-order valence-electron chi connectivity index (χ2n) is 6.97. The Morgan fingerprint density at radius 2 is 1.77 bits per heavy atom. The molecule has 1 unspecified atom stereocenters. The molecular formula is C20H26N4O6S. The SMILES string of the molecule is CCOC(=O)n1c(C(C)N2CCN(S(=O)(=O)c3ccc(OC)cc3)CC2)nccc1=O. The number of carbonyl (C=O) groups excluding carboxylic acids is 1. The number of rotatable bonds is 6. The first-order chi connectivity index (χ1) is 14.8. The van der Waals surface area contributed by atoms with Crippen LogP contribution in [0.4, 0.5) is 4.79 Å². The van der Waals surface area contributed by atoms with Crippen LogP contribution < -0.4 is 10.3 Å². The normalized spacial score (nSPS) is 16.6. The number of carbonyl (C=O) groups is 1. The Balaban J connectivity index is 1.74. The van der Waals surface area contributed by atoms with Crippen LogP contribution in [0.15, 0.2) is 46.2 Å². The van der Waals surface area contributed by atoms with Gasteiger partial charge in [-0.05, 0) is 38.1 Å². The van der Waals surface area contributed by atoms with Crippen molar-refractivity contribution in [1.82, 2.24) is 18.8 Å². The van der Waals surface area contributed by atoms with E-state index in [0.29, 0.717) is 18.8 Å². The standard InChI is InChI=1S/C20H26N4O6S/c1-4-30-20(26)24-18(25)9-10-21-19(24)15(2)22-11-13-23(14-12-22)31(27,28)17-7-5-16(29-3)6-8-17/h5-10,15H,4,11-14H2,1-3H3. The average Bonchev–Trinajstić information content (AvgIpc) is 2.78. The first-order valence-corrected chi connectivity index (χ1v) is 11.4. The lowest BCUT2D eigenvalue weighted by atomic mass is 10.2. The Hall–Kier alpha value is -2.76. The van der Waals surface area contributed by atoms with Crippen molar-refractivity contribution >= 4 is 16.1 Å². The second kappa shape index (κ2) is 9.58. The van der Waals surface area contributed by atoms with Crippen LogP contribution >= 0.6 is 0 Å². The third-order valence-corrected chi connectivity index (χ3v) is 7.13. The minimum atomic E-state index is -3.63. The van der Waals surface area contributed by atoms with E-state index < -0.39 is 21.7 Å². The first kappa shape index (κ1) is 22.9. The quantitative estimate of drug-likeness (QED) is 0.648. The molecule has 168 valence electrons. The molecule has 1 aliphatic rings. The third kappa shape index (κ3) is 4.78. The summed E-state index contributed by atoms with van der Waals surface area (Å²) in [6.45, 7) is 5.00. The number of nitrogens with zero attached hydrogens (tertiary/aromatic N) is 4. The Kier molecular flexibility index (Phi) is 7.08. The molecule has 10 nitrogen and oxygen atoms in total. The van der Waals surface area contributed by atoms with Crippen molar-refractivity contribution in [3.05, 3.63) is 52.7 Å². The Bertz CT molecular complexity index is 1080. The zero-order chi connectivity index (χ0) is 22.6. The zero-order valence-corrected chi connectivity index (χ0v) is 18.5. The molecule has 0 bridgehead atoms. The monoisotopic (exact) mass is 450 g/mol. The number of piperazine rings is 1. The summed E-state index contributed by atoms with van der Waals surface area (Å²) >= 11 is 0. The second-order valence-corrected chi connectivity index (χ2v) is 8.91. The summed E-state index contributed by atoms with van der Waals surface area (Å²) < 4.78 is 38.3. The van der Waals surface area contributed by atoms with Gasteiger partial charge in [-0.15, -0.1) is 0 Å². The lowest BCUT2D eigenvalue weighted by Gasteiger charge is -2.37. The molecule has 1 aliphatic heterocycles. The molecule has 0 saturated carbocycles. The largest absolute Gasteiger partial charge is 0.497 e. The number of methoxy groups -OCH3 is 1. The highest BCUT2D eigenvalue weighted by molar-refractivity contribution is 7.89. The van der Waals surface area contributed by atoms with Crippen LogP contribution in [0, 0.1) is 0 Å². The van der Waals surface area contributed by atoms with Gasteiger partial charge in [-0.2, -0.15) is 8.87 Å². The molecule has 1 aromatic carbocycles. The highest BCUT2D eigenvalue weighted by Gasteiger charge is 2.32. The van der Waals surface area contributed by atoms with Crippen LogP contribution in [0.1, 0.15) is 25.7 Å². The van der Waals surface area contributed by atoms with Gasteiger partial charge in [-0.3, -0.25) is 9.69 Å². The maximum Gasteiger partial charge on any atom is 0.422 e. The molecular weight excluding hydrogens is 424 g/mol. The molecule has 0 radical (unpaired) electrons. The molecule has 0 amide bonds. The molecule has 2 heterocycles. The summed E-state index contributed by atoms with van der Waals surface area (Å²) in [6.07, 6.45) is 0.581. The number of hydrogen-bond acceptors (Lipinski definition) is 8. The minimum Gasteiger partial charge on any atom is -0.497 e. The van der Waals surface area contributed by atoms with Crippen LogP contribution in [0.5, 0.6) is 5.75 Å². The van der Waals surface area contributed by atoms with E-state index in [4.69, 9.17) is 9.47 Å². The van der Waals surface area contributed by atoms with Crippen LogP contribution in [0.3, 0.4) is 0 Å². The fourth-order valence-corrected chi connectivity index (χ4v) is 4.90. The third-order valence-electron chi connectivity index (χ3n) is 5.22. The topological polar surface area (TPSA) is 111 Å². The summed E-state index contributed by atoms with van der Waals surface area (Å²) in [5.41, 5.74) is -0.518. The lowest BCUT2D eigenvalue weighted by Crippen LogP contribution is -2.50. The molecule has 1 aromatic heterocycles. The van der Waals surface area contributed by atoms with Gasteiger partial charge in [0.15, 0.2) is 0 Å². The summed E-state index contributed by atoms with van der Waals surface area (Å²) in [6, 6.07) is 7.09. The summed E-state index contributed by atoms with van der Waals surface area (Å²) in [7, 11) is -2.11. The van der Waals surface area contributed by atoms with E-state index in [-0.39, 0.29) is 36.5 Å². The highest BCUT2D eigenvalue weighted by atomic mass is 32.2. The molecule has 1 saturated heterocycles. The zero-order valence-electron chi connectivity index (χ0n) is 17.7. The molecule has 0 aliphatic carbocycles. The predicted octanol–water partition coefficient (Wildman–Crippen LogP) is 1.32. The van der Waals surface area contributed by atoms with Gasteiger partial charge in [0.05, 0.1) is 24.7 Å². The Morgan fingerprint density at radius 3 is 2.35 bits per heavy atom. The van der Waals surface area contributed by atoms with E-state index in [1.807, 2.05) is 11.8 Å². The molecule has 1 fully saturated rings. The molecule has 0 spiro atoms. The number of aromatic nitrogens is 2. The Morgan fingerprint density at radius 1 is 1.13 bits per heavy atom. The van der Waals surface area contributed by atoms with E-state index in [9.17, 15) is 18.0 Å². The molecule has 31 heavy (non-hydrogen) atoms. The highest BCUT2D eigenvalue weighted by Crippen LogP contribution is 2.24. The van der Waals surface area contributed by atoms with Gasteiger partial charge >= 0.3 is 6.09 Å². The van der Waals surface area contributed by atoms with Crippen molar-refractivity contribution in [1.29, 1.82) is 0 Å². The van der Waals surface area contributed by atoms with E-state index in [0.717, 1.165) is 4.57 Å². The van der Waals surface area contributed by atoms with Gasteiger partial charge in [0.2, 0.25) is 10.0 Å². The molecule has 3 rings (SSSR count). The smallest absolute Gasteiger partial charge is 0.422 e. The first-order valence-electron chi connectivity index (χ1n) is 9.93. The van der Waals surface area contributed by atoms with Crippen molar-refractivity contribution in [2.45, 2.75) is 24.8 Å². The number of ether oxygens (including phenoxy) is 2. The lowest BCUT2D eigenvalue weighted by molar-refractivity contribution is 0.129. The predicted molar refractivity (Wildman–Crippen MR) is 113 cm³/mol. The van der Waals surface area contributed by atoms with E-state index in [1.165, 1.54) is 35.8 Å². The molecule has 0 N–H and O–H groups in total. The van der Waals surface area contributed by atoms with E-state index in [2.05, 4.69) is 4.98 Å². The van der Waals surface area contributed by atoms with Crippen LogP contribution in [0.2, 0.25) is 0 Å². The van der Waals surface area contributed by atoms with Crippen LogP contribution in [-0.2, 0) is 14.8 Å². The van der Waals surface area contributed by atoms with Crippen molar-refractivity contribution in [3.63, 3.8) is 0 Å². The Labute approximate surface area is 181 Å². The van der Waals surface area contributed by atoms with Crippen LogP contribution in [0.25, 0.3) is 0 Å². The van der Waals surface area contributed by atoms with Crippen LogP contribution in [-0.4, -0.2) is 73.2 Å². The van der Waals surface area contributed by atoms with Gasteiger partial charge in [0.25, 0.3) is 5.56 Å². The van der Waals surface area contributed by atoms with Gasteiger partial charge in [0, 0.05) is 38.4 Å². The van der Waals surface area contributed by atoms with Gasteiger partial charge in [-0.25, -0.2) is 18.2 Å². The van der Waals surface area contributed by atoms with Gasteiger partial charge in [0.1, 0.15) is 11.6 Å². The number of sulfonamides is 1. The van der Waals surface area contributed by atoms with Gasteiger partial charge < -0.3 is 9.47 Å². The maximum atomic E-state index is 12.9. The van der Waals surface area contributed by atoms with Crippen molar-refractivity contribution in [2.24, 2.45) is 0 Å². The summed E-state index contributed by atoms with van der Waals surface area (Å²) in [4.78, 5) is 30.9. The van der Waals surface area contributed by atoms with E-state index in [1.54, 1.807) is 19.1 Å². The maximum absolute atomic E-state index is 12.9. The van der Waals surface area contributed by atoms with Crippen molar-refractivity contribution in [2.75, 3.05) is 39.9 Å².